The van der Waals surface area contributed by atoms with Gasteiger partial charge >= 0.3 is 5.97 Å². The first-order valence-electron chi connectivity index (χ1n) is 3.65. The van der Waals surface area contributed by atoms with Crippen LogP contribution in [-0.4, -0.2) is 17.2 Å². The molecule has 0 aliphatic carbocycles. The van der Waals surface area contributed by atoms with Crippen molar-refractivity contribution in [2.45, 2.75) is 13.0 Å². The van der Waals surface area contributed by atoms with Crippen molar-refractivity contribution in [1.82, 2.24) is 0 Å². The number of carbonyl (C=O) groups excluding carboxylic acids is 1. The zero-order chi connectivity index (χ0) is 8.97. The van der Waals surface area contributed by atoms with E-state index >= 15 is 0 Å². The summed E-state index contributed by atoms with van der Waals surface area (Å²) in [4.78, 5) is 10.8. The van der Waals surface area contributed by atoms with Crippen LogP contribution in [0.1, 0.15) is 6.92 Å². The van der Waals surface area contributed by atoms with Crippen molar-refractivity contribution in [2.75, 3.05) is 0 Å². The Hall–Kier alpha value is -1.35. The standard InChI is InChI=1S/C9H10O3/c1-7(10)9(11)12-8-5-3-2-4-6-8/h2-7,10H,1H3/t7-/m0/s1. The van der Waals surface area contributed by atoms with Crippen LogP contribution in [0, 0.1) is 0 Å². The van der Waals surface area contributed by atoms with E-state index in [0.717, 1.165) is 0 Å². The molecule has 0 saturated carbocycles. The molecule has 0 fully saturated rings. The number of rotatable bonds is 2. The minimum atomic E-state index is -1.08. The summed E-state index contributed by atoms with van der Waals surface area (Å²) in [5.41, 5.74) is 0. The number of aliphatic hydroxyl groups excluding tert-OH is 1. The molecule has 0 aliphatic heterocycles. The Morgan fingerprint density at radius 1 is 1.42 bits per heavy atom. The second-order valence-corrected chi connectivity index (χ2v) is 2.41. The summed E-state index contributed by atoms with van der Waals surface area (Å²) >= 11 is 0. The minimum absolute atomic E-state index is 0.448. The second kappa shape index (κ2) is 3.88. The number of benzene rings is 1. The Bertz CT molecular complexity index is 254. The molecule has 0 unspecified atom stereocenters. The fourth-order valence-electron chi connectivity index (χ4n) is 0.690. The van der Waals surface area contributed by atoms with Crippen molar-refractivity contribution >= 4 is 5.97 Å². The van der Waals surface area contributed by atoms with Crippen molar-refractivity contribution in [3.8, 4) is 5.75 Å². The first-order valence-corrected chi connectivity index (χ1v) is 3.65. The van der Waals surface area contributed by atoms with E-state index in [-0.39, 0.29) is 0 Å². The van der Waals surface area contributed by atoms with Crippen LogP contribution in [0.15, 0.2) is 30.3 Å². The monoisotopic (exact) mass is 166 g/mol. The lowest BCUT2D eigenvalue weighted by Crippen LogP contribution is -2.21. The van der Waals surface area contributed by atoms with Crippen LogP contribution >= 0.6 is 0 Å². The number of esters is 1. The molecule has 1 atom stereocenters. The number of para-hydroxylation sites is 1. The van der Waals surface area contributed by atoms with Crippen molar-refractivity contribution < 1.29 is 14.6 Å². The van der Waals surface area contributed by atoms with Crippen LogP contribution in [0.2, 0.25) is 0 Å². The van der Waals surface area contributed by atoms with Gasteiger partial charge in [-0.05, 0) is 19.1 Å². The van der Waals surface area contributed by atoms with Gasteiger partial charge in [0, 0.05) is 0 Å². The summed E-state index contributed by atoms with van der Waals surface area (Å²) in [5, 5.41) is 8.81. The highest BCUT2D eigenvalue weighted by Gasteiger charge is 2.10. The van der Waals surface area contributed by atoms with Crippen LogP contribution in [-0.2, 0) is 4.79 Å². The van der Waals surface area contributed by atoms with Gasteiger partial charge in [-0.2, -0.15) is 0 Å². The van der Waals surface area contributed by atoms with E-state index in [2.05, 4.69) is 0 Å². The van der Waals surface area contributed by atoms with Crippen LogP contribution in [0.4, 0.5) is 0 Å². The van der Waals surface area contributed by atoms with Gasteiger partial charge in [0.05, 0.1) is 0 Å². The maximum Gasteiger partial charge on any atom is 0.340 e. The molecule has 0 bridgehead atoms. The second-order valence-electron chi connectivity index (χ2n) is 2.41. The van der Waals surface area contributed by atoms with Crippen molar-refractivity contribution in [1.29, 1.82) is 0 Å². The van der Waals surface area contributed by atoms with Crippen LogP contribution < -0.4 is 4.74 Å². The van der Waals surface area contributed by atoms with Gasteiger partial charge in [-0.25, -0.2) is 4.79 Å². The van der Waals surface area contributed by atoms with Gasteiger partial charge in [-0.15, -0.1) is 0 Å². The van der Waals surface area contributed by atoms with Gasteiger partial charge in [0.25, 0.3) is 0 Å². The molecule has 0 spiro atoms. The Morgan fingerprint density at radius 2 is 2.00 bits per heavy atom. The van der Waals surface area contributed by atoms with Crippen molar-refractivity contribution in [3.63, 3.8) is 0 Å². The van der Waals surface area contributed by atoms with Crippen LogP contribution in [0.5, 0.6) is 5.75 Å². The van der Waals surface area contributed by atoms with E-state index in [4.69, 9.17) is 9.84 Å². The highest BCUT2D eigenvalue weighted by atomic mass is 16.5. The number of hydrogen-bond donors (Lipinski definition) is 1. The van der Waals surface area contributed by atoms with E-state index in [0.29, 0.717) is 5.75 Å². The molecule has 12 heavy (non-hydrogen) atoms. The third-order valence-corrected chi connectivity index (χ3v) is 1.30. The number of ether oxygens (including phenoxy) is 1. The fourth-order valence-corrected chi connectivity index (χ4v) is 0.690. The van der Waals surface area contributed by atoms with Gasteiger partial charge in [-0.3, -0.25) is 0 Å². The summed E-state index contributed by atoms with van der Waals surface area (Å²) in [5.74, 6) is -0.190. The van der Waals surface area contributed by atoms with Gasteiger partial charge in [-0.1, -0.05) is 18.2 Å². The van der Waals surface area contributed by atoms with E-state index in [1.165, 1.54) is 6.92 Å². The van der Waals surface area contributed by atoms with E-state index < -0.39 is 12.1 Å². The highest BCUT2D eigenvalue weighted by Crippen LogP contribution is 2.08. The van der Waals surface area contributed by atoms with Crippen LogP contribution in [0.25, 0.3) is 0 Å². The molecule has 1 aromatic rings. The van der Waals surface area contributed by atoms with E-state index in [1.807, 2.05) is 6.07 Å². The van der Waals surface area contributed by atoms with Crippen molar-refractivity contribution in [3.05, 3.63) is 30.3 Å². The fraction of sp³-hybridized carbons (Fsp3) is 0.222. The number of aliphatic hydroxyl groups is 1. The zero-order valence-electron chi connectivity index (χ0n) is 6.73. The topological polar surface area (TPSA) is 46.5 Å². The smallest absolute Gasteiger partial charge is 0.340 e. The summed E-state index contributed by atoms with van der Waals surface area (Å²) < 4.78 is 4.79. The maximum atomic E-state index is 10.8. The Labute approximate surface area is 70.6 Å². The first-order chi connectivity index (χ1) is 5.70. The summed E-state index contributed by atoms with van der Waals surface area (Å²) in [7, 11) is 0. The molecule has 0 saturated heterocycles. The molecular weight excluding hydrogens is 156 g/mol. The van der Waals surface area contributed by atoms with Crippen molar-refractivity contribution in [2.24, 2.45) is 0 Å². The maximum absolute atomic E-state index is 10.8. The molecule has 0 aliphatic rings. The Kier molecular flexibility index (Phi) is 2.82. The molecule has 0 radical (unpaired) electrons. The molecule has 3 nitrogen and oxygen atoms in total. The quantitative estimate of drug-likeness (QED) is 0.526. The molecule has 1 aromatic carbocycles. The summed E-state index contributed by atoms with van der Waals surface area (Å²) in [6.45, 7) is 1.37. The number of carbonyl (C=O) groups is 1. The molecule has 3 heteroatoms. The van der Waals surface area contributed by atoms with Gasteiger partial charge in [0.2, 0.25) is 0 Å². The van der Waals surface area contributed by atoms with Gasteiger partial charge in [0.15, 0.2) is 0 Å². The zero-order valence-corrected chi connectivity index (χ0v) is 6.73. The Balaban J connectivity index is 2.59. The lowest BCUT2D eigenvalue weighted by molar-refractivity contribution is -0.142. The molecule has 0 heterocycles. The summed E-state index contributed by atoms with van der Waals surface area (Å²) in [6, 6.07) is 8.63. The normalized spacial score (nSPS) is 12.2. The largest absolute Gasteiger partial charge is 0.425 e. The predicted molar refractivity (Wildman–Crippen MR) is 43.8 cm³/mol. The third kappa shape index (κ3) is 2.36. The lowest BCUT2D eigenvalue weighted by Gasteiger charge is -2.04. The van der Waals surface area contributed by atoms with E-state index in [1.54, 1.807) is 24.3 Å². The third-order valence-electron chi connectivity index (χ3n) is 1.30. The first kappa shape index (κ1) is 8.74. The lowest BCUT2D eigenvalue weighted by atomic mass is 10.3. The highest BCUT2D eigenvalue weighted by molar-refractivity contribution is 5.76. The number of hydrogen-bond acceptors (Lipinski definition) is 3. The summed E-state index contributed by atoms with van der Waals surface area (Å²) in [6.07, 6.45) is -1.08. The Morgan fingerprint density at radius 3 is 2.50 bits per heavy atom. The predicted octanol–water partition coefficient (Wildman–Crippen LogP) is 0.973. The molecule has 64 valence electrons. The molecule has 1 N–H and O–H groups in total. The van der Waals surface area contributed by atoms with Gasteiger partial charge < -0.3 is 9.84 Å². The average molecular weight is 166 g/mol. The molecule has 0 aromatic heterocycles. The average Bonchev–Trinajstić information content (AvgIpc) is 2.06. The molecule has 0 amide bonds. The SMILES string of the molecule is C[C@H](O)C(=O)Oc1ccccc1. The van der Waals surface area contributed by atoms with Gasteiger partial charge in [0.1, 0.15) is 11.9 Å². The minimum Gasteiger partial charge on any atom is -0.425 e. The van der Waals surface area contributed by atoms with E-state index in [9.17, 15) is 4.79 Å². The molecular formula is C9H10O3. The van der Waals surface area contributed by atoms with Crippen LogP contribution in [0.3, 0.4) is 0 Å². The molecule has 1 rings (SSSR count).